The molecule has 1 aromatic heterocycles. The third-order valence-corrected chi connectivity index (χ3v) is 5.64. The number of piperidine rings is 1. The summed E-state index contributed by atoms with van der Waals surface area (Å²) < 4.78 is 1.68. The smallest absolute Gasteiger partial charge is 0.253 e. The molecule has 156 valence electrons. The molecule has 0 spiro atoms. The van der Waals surface area contributed by atoms with Crippen molar-refractivity contribution in [2.45, 2.75) is 25.3 Å². The van der Waals surface area contributed by atoms with Crippen LogP contribution >= 0.6 is 0 Å². The zero-order chi connectivity index (χ0) is 20.8. The van der Waals surface area contributed by atoms with E-state index in [2.05, 4.69) is 45.0 Å². The van der Waals surface area contributed by atoms with E-state index in [0.29, 0.717) is 6.04 Å². The third-order valence-electron chi connectivity index (χ3n) is 5.64. The molecule has 1 aliphatic heterocycles. The maximum atomic E-state index is 12.8. The largest absolute Gasteiger partial charge is 0.388 e. The molecule has 1 fully saturated rings. The minimum absolute atomic E-state index is 0.0995. The van der Waals surface area contributed by atoms with Gasteiger partial charge in [0.1, 0.15) is 12.7 Å². The normalized spacial score (nSPS) is 14.6. The SMILES string of the molecule is CNc1cccc(CCNC2CCN(C(=O)c3ccc(-n4cncn4)cc3)CC2)c1. The third kappa shape index (κ3) is 4.86. The van der Waals surface area contributed by atoms with Crippen LogP contribution in [0.5, 0.6) is 0 Å². The van der Waals surface area contributed by atoms with Gasteiger partial charge in [-0.05, 0) is 67.8 Å². The number of hydrogen-bond acceptors (Lipinski definition) is 5. The van der Waals surface area contributed by atoms with E-state index < -0.39 is 0 Å². The highest BCUT2D eigenvalue weighted by Crippen LogP contribution is 2.16. The number of amides is 1. The number of aromatic nitrogens is 3. The van der Waals surface area contributed by atoms with Gasteiger partial charge in [0.2, 0.25) is 0 Å². The van der Waals surface area contributed by atoms with Gasteiger partial charge in [0, 0.05) is 37.4 Å². The van der Waals surface area contributed by atoms with Gasteiger partial charge in [0.05, 0.1) is 5.69 Å². The van der Waals surface area contributed by atoms with Crippen molar-refractivity contribution in [2.75, 3.05) is 32.0 Å². The Morgan fingerprint density at radius 2 is 1.93 bits per heavy atom. The molecule has 7 nitrogen and oxygen atoms in total. The second-order valence-corrected chi connectivity index (χ2v) is 7.61. The first-order valence-corrected chi connectivity index (χ1v) is 10.5. The van der Waals surface area contributed by atoms with E-state index in [1.807, 2.05) is 36.2 Å². The Hall–Kier alpha value is -3.19. The van der Waals surface area contributed by atoms with Crippen molar-refractivity contribution in [3.8, 4) is 5.69 Å². The zero-order valence-electron chi connectivity index (χ0n) is 17.3. The van der Waals surface area contributed by atoms with Crippen LogP contribution in [0.3, 0.4) is 0 Å². The molecule has 1 amide bonds. The highest BCUT2D eigenvalue weighted by molar-refractivity contribution is 5.94. The average molecular weight is 405 g/mol. The second kappa shape index (κ2) is 9.54. The number of rotatable bonds is 7. The molecule has 7 heteroatoms. The summed E-state index contributed by atoms with van der Waals surface area (Å²) in [5.41, 5.74) is 4.09. The molecule has 0 radical (unpaired) electrons. The molecule has 0 saturated carbocycles. The number of carbonyl (C=O) groups is 1. The number of benzene rings is 2. The summed E-state index contributed by atoms with van der Waals surface area (Å²) in [5, 5.41) is 10.9. The Kier molecular flexibility index (Phi) is 6.39. The predicted octanol–water partition coefficient (Wildman–Crippen LogP) is 2.75. The standard InChI is InChI=1S/C23H28N6O/c1-24-21-4-2-3-18(15-21)9-12-26-20-10-13-28(14-11-20)23(30)19-5-7-22(8-6-19)29-17-25-16-27-29/h2-8,15-17,20,24,26H,9-14H2,1H3. The van der Waals surface area contributed by atoms with E-state index in [1.54, 1.807) is 11.0 Å². The Bertz CT molecular complexity index is 946. The van der Waals surface area contributed by atoms with Crippen LogP contribution in [-0.2, 0) is 6.42 Å². The molecule has 0 aliphatic carbocycles. The van der Waals surface area contributed by atoms with Gasteiger partial charge in [-0.2, -0.15) is 5.10 Å². The van der Waals surface area contributed by atoms with Crippen LogP contribution in [0.15, 0.2) is 61.2 Å². The van der Waals surface area contributed by atoms with Crippen molar-refractivity contribution in [3.05, 3.63) is 72.3 Å². The molecule has 2 N–H and O–H groups in total. The fraction of sp³-hybridized carbons (Fsp3) is 0.348. The maximum absolute atomic E-state index is 12.8. The Morgan fingerprint density at radius 3 is 2.63 bits per heavy atom. The van der Waals surface area contributed by atoms with Gasteiger partial charge in [0.25, 0.3) is 5.91 Å². The highest BCUT2D eigenvalue weighted by Gasteiger charge is 2.23. The Labute approximate surface area is 177 Å². The van der Waals surface area contributed by atoms with Gasteiger partial charge in [-0.3, -0.25) is 4.79 Å². The number of nitrogens with zero attached hydrogens (tertiary/aromatic N) is 4. The quantitative estimate of drug-likeness (QED) is 0.633. The number of nitrogens with one attached hydrogen (secondary N) is 2. The lowest BCUT2D eigenvalue weighted by atomic mass is 10.0. The van der Waals surface area contributed by atoms with Crippen LogP contribution in [-0.4, -0.2) is 58.3 Å². The monoisotopic (exact) mass is 404 g/mol. The number of carbonyl (C=O) groups excluding carboxylic acids is 1. The average Bonchev–Trinajstić information content (AvgIpc) is 3.34. The van der Waals surface area contributed by atoms with Crippen LogP contribution in [0.2, 0.25) is 0 Å². The first-order valence-electron chi connectivity index (χ1n) is 10.5. The van der Waals surface area contributed by atoms with Crippen LogP contribution in [0.25, 0.3) is 5.69 Å². The lowest BCUT2D eigenvalue weighted by Crippen LogP contribution is -2.45. The molecule has 0 atom stereocenters. The van der Waals surface area contributed by atoms with E-state index in [4.69, 9.17) is 0 Å². The molecule has 2 aromatic carbocycles. The summed E-state index contributed by atoms with van der Waals surface area (Å²) in [4.78, 5) is 18.7. The molecule has 2 heterocycles. The first kappa shape index (κ1) is 20.1. The lowest BCUT2D eigenvalue weighted by Gasteiger charge is -2.32. The molecular weight excluding hydrogens is 376 g/mol. The number of hydrogen-bond donors (Lipinski definition) is 2. The molecule has 0 unspecified atom stereocenters. The van der Waals surface area contributed by atoms with Gasteiger partial charge in [0.15, 0.2) is 0 Å². The molecule has 30 heavy (non-hydrogen) atoms. The van der Waals surface area contributed by atoms with Crippen LogP contribution in [0, 0.1) is 0 Å². The molecule has 4 rings (SSSR count). The minimum atomic E-state index is 0.0995. The van der Waals surface area contributed by atoms with Crippen molar-refractivity contribution < 1.29 is 4.79 Å². The summed E-state index contributed by atoms with van der Waals surface area (Å²) >= 11 is 0. The van der Waals surface area contributed by atoms with Gasteiger partial charge >= 0.3 is 0 Å². The summed E-state index contributed by atoms with van der Waals surface area (Å²) in [5.74, 6) is 0.0995. The summed E-state index contributed by atoms with van der Waals surface area (Å²) in [7, 11) is 1.94. The van der Waals surface area contributed by atoms with E-state index >= 15 is 0 Å². The van der Waals surface area contributed by atoms with Crippen molar-refractivity contribution in [1.82, 2.24) is 25.0 Å². The lowest BCUT2D eigenvalue weighted by molar-refractivity contribution is 0.0705. The molecule has 1 saturated heterocycles. The van der Waals surface area contributed by atoms with Crippen molar-refractivity contribution in [2.24, 2.45) is 0 Å². The molecule has 1 aliphatic rings. The van der Waals surface area contributed by atoms with Crippen molar-refractivity contribution in [1.29, 1.82) is 0 Å². The summed E-state index contributed by atoms with van der Waals surface area (Å²) in [6.07, 6.45) is 6.12. The van der Waals surface area contributed by atoms with Gasteiger partial charge in [-0.1, -0.05) is 12.1 Å². The topological polar surface area (TPSA) is 75.1 Å². The predicted molar refractivity (Wildman–Crippen MR) is 118 cm³/mol. The minimum Gasteiger partial charge on any atom is -0.388 e. The fourth-order valence-corrected chi connectivity index (χ4v) is 3.87. The molecular formula is C23H28N6O. The maximum Gasteiger partial charge on any atom is 0.253 e. The van der Waals surface area contributed by atoms with E-state index in [1.165, 1.54) is 11.9 Å². The summed E-state index contributed by atoms with van der Waals surface area (Å²) in [6.45, 7) is 2.53. The second-order valence-electron chi connectivity index (χ2n) is 7.61. The van der Waals surface area contributed by atoms with Crippen LogP contribution in [0.1, 0.15) is 28.8 Å². The van der Waals surface area contributed by atoms with E-state index in [0.717, 1.165) is 55.8 Å². The van der Waals surface area contributed by atoms with Gasteiger partial charge < -0.3 is 15.5 Å². The van der Waals surface area contributed by atoms with Crippen molar-refractivity contribution >= 4 is 11.6 Å². The van der Waals surface area contributed by atoms with E-state index in [-0.39, 0.29) is 5.91 Å². The molecule has 3 aromatic rings. The Morgan fingerprint density at radius 1 is 1.13 bits per heavy atom. The number of likely N-dealkylation sites (tertiary alicyclic amines) is 1. The van der Waals surface area contributed by atoms with Crippen molar-refractivity contribution in [3.63, 3.8) is 0 Å². The molecule has 0 bridgehead atoms. The Balaban J connectivity index is 1.23. The van der Waals surface area contributed by atoms with Gasteiger partial charge in [-0.25, -0.2) is 9.67 Å². The highest BCUT2D eigenvalue weighted by atomic mass is 16.2. The van der Waals surface area contributed by atoms with Gasteiger partial charge in [-0.15, -0.1) is 0 Å². The number of anilines is 1. The van der Waals surface area contributed by atoms with Crippen LogP contribution < -0.4 is 10.6 Å². The zero-order valence-corrected chi connectivity index (χ0v) is 17.3. The summed E-state index contributed by atoms with van der Waals surface area (Å²) in [6, 6.07) is 16.5. The first-order chi connectivity index (χ1) is 14.7. The van der Waals surface area contributed by atoms with Crippen LogP contribution in [0.4, 0.5) is 5.69 Å². The fourth-order valence-electron chi connectivity index (χ4n) is 3.87. The van der Waals surface area contributed by atoms with E-state index in [9.17, 15) is 4.79 Å².